The fourth-order valence-electron chi connectivity index (χ4n) is 3.24. The number of rotatable bonds is 9. The number of aryl methyl sites for hydroxylation is 1. The highest BCUT2D eigenvalue weighted by Crippen LogP contribution is 2.27. The summed E-state index contributed by atoms with van der Waals surface area (Å²) in [6.07, 6.45) is 0.784. The number of nitrogens with zero attached hydrogens (tertiary/aromatic N) is 2. The molecule has 2 heterocycles. The SMILES string of the molecule is CC[C@H](C)n1c(SCC(=O)NCc2ccc(OC)c(OC)c2)nc2cc(C)[nH]c2c1=O. The van der Waals surface area contributed by atoms with Crippen LogP contribution in [0.4, 0.5) is 0 Å². The quantitative estimate of drug-likeness (QED) is 0.388. The number of thioether (sulfide) groups is 1. The van der Waals surface area contributed by atoms with Gasteiger partial charge in [-0.25, -0.2) is 4.98 Å². The predicted octanol–water partition coefficient (Wildman–Crippen LogP) is 3.43. The zero-order valence-corrected chi connectivity index (χ0v) is 19.3. The summed E-state index contributed by atoms with van der Waals surface area (Å²) >= 11 is 1.27. The fraction of sp³-hybridized carbons (Fsp3) is 0.409. The van der Waals surface area contributed by atoms with Crippen LogP contribution >= 0.6 is 11.8 Å². The van der Waals surface area contributed by atoms with Crippen LogP contribution in [0.25, 0.3) is 11.0 Å². The van der Waals surface area contributed by atoms with Crippen LogP contribution in [-0.2, 0) is 11.3 Å². The van der Waals surface area contributed by atoms with Crippen molar-refractivity contribution in [1.29, 1.82) is 0 Å². The molecule has 1 amide bonds. The average Bonchev–Trinajstić information content (AvgIpc) is 3.16. The molecule has 0 radical (unpaired) electrons. The van der Waals surface area contributed by atoms with Crippen LogP contribution in [0.1, 0.15) is 37.6 Å². The molecule has 166 valence electrons. The number of hydrogen-bond donors (Lipinski definition) is 2. The van der Waals surface area contributed by atoms with E-state index in [0.717, 1.165) is 17.7 Å². The maximum Gasteiger partial charge on any atom is 0.278 e. The molecule has 0 aliphatic carbocycles. The van der Waals surface area contributed by atoms with E-state index in [-0.39, 0.29) is 23.3 Å². The number of benzene rings is 1. The van der Waals surface area contributed by atoms with Gasteiger partial charge in [0.05, 0.1) is 25.5 Å². The predicted molar refractivity (Wildman–Crippen MR) is 122 cm³/mol. The second-order valence-electron chi connectivity index (χ2n) is 7.29. The van der Waals surface area contributed by atoms with Crippen molar-refractivity contribution in [2.24, 2.45) is 0 Å². The summed E-state index contributed by atoms with van der Waals surface area (Å²) in [6.45, 7) is 6.25. The number of methoxy groups -OCH3 is 2. The van der Waals surface area contributed by atoms with E-state index >= 15 is 0 Å². The van der Waals surface area contributed by atoms with Gasteiger partial charge < -0.3 is 19.8 Å². The van der Waals surface area contributed by atoms with Gasteiger partial charge in [-0.15, -0.1) is 0 Å². The molecule has 0 aliphatic heterocycles. The Balaban J connectivity index is 1.72. The average molecular weight is 445 g/mol. The second kappa shape index (κ2) is 9.91. The third-order valence-corrected chi connectivity index (χ3v) is 6.04. The second-order valence-corrected chi connectivity index (χ2v) is 8.24. The number of H-pyrrole nitrogens is 1. The number of aromatic nitrogens is 3. The van der Waals surface area contributed by atoms with Gasteiger partial charge in [-0.05, 0) is 44.0 Å². The first-order valence-electron chi connectivity index (χ1n) is 10.1. The monoisotopic (exact) mass is 444 g/mol. The number of aromatic amines is 1. The lowest BCUT2D eigenvalue weighted by Crippen LogP contribution is -2.28. The summed E-state index contributed by atoms with van der Waals surface area (Å²) in [6, 6.07) is 7.33. The molecule has 0 saturated carbocycles. The molecule has 1 aromatic carbocycles. The van der Waals surface area contributed by atoms with Crippen molar-refractivity contribution in [3.8, 4) is 11.5 Å². The van der Waals surface area contributed by atoms with Crippen molar-refractivity contribution in [3.63, 3.8) is 0 Å². The van der Waals surface area contributed by atoms with Crippen LogP contribution in [-0.4, -0.2) is 40.4 Å². The summed E-state index contributed by atoms with van der Waals surface area (Å²) in [5, 5.41) is 3.45. The minimum atomic E-state index is -0.143. The zero-order chi connectivity index (χ0) is 22.5. The summed E-state index contributed by atoms with van der Waals surface area (Å²) in [4.78, 5) is 33.2. The van der Waals surface area contributed by atoms with Crippen molar-refractivity contribution in [1.82, 2.24) is 19.9 Å². The Bertz CT molecular complexity index is 1140. The molecule has 3 aromatic rings. The van der Waals surface area contributed by atoms with Crippen LogP contribution < -0.4 is 20.3 Å². The standard InChI is InChI=1S/C22H28N4O4S/c1-6-14(3)26-21(28)20-16(9-13(2)24-20)25-22(26)31-12-19(27)23-11-15-7-8-17(29-4)18(10-15)30-5/h7-10,14,24H,6,11-12H2,1-5H3,(H,23,27)/t14-/m0/s1. The first-order valence-corrected chi connectivity index (χ1v) is 11.1. The van der Waals surface area contributed by atoms with Crippen molar-refractivity contribution in [3.05, 3.63) is 45.9 Å². The molecule has 0 unspecified atom stereocenters. The highest BCUT2D eigenvalue weighted by molar-refractivity contribution is 7.99. The van der Waals surface area contributed by atoms with E-state index < -0.39 is 0 Å². The molecule has 0 spiro atoms. The third-order valence-electron chi connectivity index (χ3n) is 5.09. The van der Waals surface area contributed by atoms with Crippen molar-refractivity contribution in [2.45, 2.75) is 44.9 Å². The molecule has 0 saturated heterocycles. The Morgan fingerprint density at radius 3 is 2.68 bits per heavy atom. The number of carbonyl (C=O) groups is 1. The Kier molecular flexibility index (Phi) is 7.27. The molecule has 3 rings (SSSR count). The van der Waals surface area contributed by atoms with E-state index in [1.807, 2.05) is 39.0 Å². The number of fused-ring (bicyclic) bond motifs is 1. The van der Waals surface area contributed by atoms with Crippen molar-refractivity contribution >= 4 is 28.7 Å². The van der Waals surface area contributed by atoms with E-state index in [1.54, 1.807) is 24.9 Å². The number of nitrogens with one attached hydrogen (secondary N) is 2. The number of carbonyl (C=O) groups excluding carboxylic acids is 1. The molecule has 0 aliphatic rings. The van der Waals surface area contributed by atoms with Gasteiger partial charge in [0.2, 0.25) is 5.91 Å². The van der Waals surface area contributed by atoms with Gasteiger partial charge in [0.25, 0.3) is 5.56 Å². The topological polar surface area (TPSA) is 98.2 Å². The first kappa shape index (κ1) is 22.7. The maximum absolute atomic E-state index is 13.0. The van der Waals surface area contributed by atoms with Gasteiger partial charge in [-0.1, -0.05) is 24.8 Å². The van der Waals surface area contributed by atoms with Crippen LogP contribution in [0.15, 0.2) is 34.2 Å². The highest BCUT2D eigenvalue weighted by Gasteiger charge is 2.18. The van der Waals surface area contributed by atoms with Crippen molar-refractivity contribution in [2.75, 3.05) is 20.0 Å². The van der Waals surface area contributed by atoms with Gasteiger partial charge in [0, 0.05) is 18.3 Å². The van der Waals surface area contributed by atoms with E-state index in [1.165, 1.54) is 11.8 Å². The smallest absolute Gasteiger partial charge is 0.278 e. The number of ether oxygens (including phenoxy) is 2. The Morgan fingerprint density at radius 1 is 1.26 bits per heavy atom. The summed E-state index contributed by atoms with van der Waals surface area (Å²) < 4.78 is 12.2. The molecule has 8 nitrogen and oxygen atoms in total. The lowest BCUT2D eigenvalue weighted by Gasteiger charge is -2.17. The Morgan fingerprint density at radius 2 is 2.00 bits per heavy atom. The summed E-state index contributed by atoms with van der Waals surface area (Å²) in [5.74, 6) is 1.26. The molecule has 2 N–H and O–H groups in total. The van der Waals surface area contributed by atoms with E-state index in [4.69, 9.17) is 9.47 Å². The normalized spacial score (nSPS) is 12.0. The lowest BCUT2D eigenvalue weighted by molar-refractivity contribution is -0.118. The van der Waals surface area contributed by atoms with E-state index in [2.05, 4.69) is 15.3 Å². The van der Waals surface area contributed by atoms with Gasteiger partial charge in [0.15, 0.2) is 16.7 Å². The number of amides is 1. The van der Waals surface area contributed by atoms with Gasteiger partial charge in [-0.2, -0.15) is 0 Å². The van der Waals surface area contributed by atoms with Crippen molar-refractivity contribution < 1.29 is 14.3 Å². The number of hydrogen-bond acceptors (Lipinski definition) is 6. The van der Waals surface area contributed by atoms with Crippen LogP contribution in [0.3, 0.4) is 0 Å². The first-order chi connectivity index (χ1) is 14.9. The Labute approximate surface area is 185 Å². The molecule has 9 heteroatoms. The van der Waals surface area contributed by atoms with E-state index in [0.29, 0.717) is 34.2 Å². The molecule has 31 heavy (non-hydrogen) atoms. The Hall–Kier alpha value is -2.94. The summed E-state index contributed by atoms with van der Waals surface area (Å²) in [5.41, 5.74) is 2.79. The third kappa shape index (κ3) is 5.04. The van der Waals surface area contributed by atoms with Gasteiger partial charge in [0.1, 0.15) is 5.52 Å². The summed E-state index contributed by atoms with van der Waals surface area (Å²) in [7, 11) is 3.15. The van der Waals surface area contributed by atoms with Gasteiger partial charge >= 0.3 is 0 Å². The van der Waals surface area contributed by atoms with Crippen LogP contribution in [0, 0.1) is 6.92 Å². The molecule has 1 atom stereocenters. The van der Waals surface area contributed by atoms with E-state index in [9.17, 15) is 9.59 Å². The highest BCUT2D eigenvalue weighted by atomic mass is 32.2. The largest absolute Gasteiger partial charge is 0.493 e. The maximum atomic E-state index is 13.0. The minimum Gasteiger partial charge on any atom is -0.493 e. The molecule has 0 bridgehead atoms. The minimum absolute atomic E-state index is 0.0228. The molecule has 0 fully saturated rings. The molecular weight excluding hydrogens is 416 g/mol. The molecular formula is C22H28N4O4S. The molecule has 2 aromatic heterocycles. The van der Waals surface area contributed by atoms with Gasteiger partial charge in [-0.3, -0.25) is 14.2 Å². The van der Waals surface area contributed by atoms with Crippen LogP contribution in [0.2, 0.25) is 0 Å². The van der Waals surface area contributed by atoms with Crippen LogP contribution in [0.5, 0.6) is 11.5 Å². The lowest BCUT2D eigenvalue weighted by atomic mass is 10.2. The zero-order valence-electron chi connectivity index (χ0n) is 18.4. The fourth-order valence-corrected chi connectivity index (χ4v) is 4.16.